The molecule has 1 N–H and O–H groups in total. The number of benzene rings is 2. The van der Waals surface area contributed by atoms with E-state index >= 15 is 0 Å². The third kappa shape index (κ3) is 3.59. The summed E-state index contributed by atoms with van der Waals surface area (Å²) in [6.45, 7) is 10.2. The summed E-state index contributed by atoms with van der Waals surface area (Å²) in [6, 6.07) is 9.29. The molecule has 29 heavy (non-hydrogen) atoms. The second-order valence-corrected chi connectivity index (χ2v) is 11.0. The zero-order chi connectivity index (χ0) is 21.1. The van der Waals surface area contributed by atoms with Gasteiger partial charge in [0.25, 0.3) is 5.56 Å². The highest BCUT2D eigenvalue weighted by Crippen LogP contribution is 2.33. The highest BCUT2D eigenvalue weighted by atomic mass is 35.5. The SMILES string of the molecule is Cc1cc([C@@H](C)N[S@+]([O-])C(C)(C)C)c2nc3n(c(=O)c2c1)Cc1cc(Cl)ccc1-3. The molecule has 0 fully saturated rings. The Labute approximate surface area is 178 Å². The fourth-order valence-electron chi connectivity index (χ4n) is 3.67. The first kappa shape index (κ1) is 20.4. The Bertz CT molecular complexity index is 1180. The molecule has 2 heterocycles. The molecule has 0 radical (unpaired) electrons. The topological polar surface area (TPSA) is 70.0 Å². The fourth-order valence-corrected chi connectivity index (χ4v) is 4.66. The first-order chi connectivity index (χ1) is 13.6. The Kier molecular flexibility index (Phi) is 5.02. The van der Waals surface area contributed by atoms with E-state index in [2.05, 4.69) is 4.72 Å². The lowest BCUT2D eigenvalue weighted by molar-refractivity contribution is 0.531. The second-order valence-electron chi connectivity index (χ2n) is 8.60. The summed E-state index contributed by atoms with van der Waals surface area (Å²) < 4.78 is 17.1. The van der Waals surface area contributed by atoms with Crippen LogP contribution in [0, 0.1) is 6.92 Å². The standard InChI is InChI=1S/C22H24ClN3O2S/c1-12-8-17(13(2)25-29(28)22(3,4)5)19-18(9-12)21(27)26-11-14-10-15(23)6-7-16(14)20(26)24-19/h6-10,13,25H,11H2,1-5H3/t13-,29-/m1/s1. The van der Waals surface area contributed by atoms with E-state index in [9.17, 15) is 9.35 Å². The van der Waals surface area contributed by atoms with E-state index in [4.69, 9.17) is 16.6 Å². The van der Waals surface area contributed by atoms with Crippen molar-refractivity contribution < 1.29 is 4.55 Å². The fraction of sp³-hybridized carbons (Fsp3) is 0.364. The average Bonchev–Trinajstić information content (AvgIpc) is 2.99. The van der Waals surface area contributed by atoms with Crippen LogP contribution in [0.2, 0.25) is 5.02 Å². The van der Waals surface area contributed by atoms with Crippen LogP contribution in [-0.2, 0) is 17.9 Å². The van der Waals surface area contributed by atoms with Crippen molar-refractivity contribution in [1.82, 2.24) is 14.3 Å². The number of rotatable bonds is 3. The number of aromatic nitrogens is 2. The minimum absolute atomic E-state index is 0.0635. The van der Waals surface area contributed by atoms with E-state index in [1.165, 1.54) is 0 Å². The van der Waals surface area contributed by atoms with Gasteiger partial charge < -0.3 is 4.55 Å². The van der Waals surface area contributed by atoms with Crippen molar-refractivity contribution in [2.75, 3.05) is 0 Å². The summed E-state index contributed by atoms with van der Waals surface area (Å²) in [5.41, 5.74) is 4.36. The molecule has 0 amide bonds. The molecule has 0 aliphatic carbocycles. The largest absolute Gasteiger partial charge is 0.598 e. The van der Waals surface area contributed by atoms with E-state index < -0.39 is 11.4 Å². The summed E-state index contributed by atoms with van der Waals surface area (Å²) in [5.74, 6) is 0.656. The van der Waals surface area contributed by atoms with Gasteiger partial charge in [0.05, 0.1) is 23.5 Å². The zero-order valence-corrected chi connectivity index (χ0v) is 18.7. The van der Waals surface area contributed by atoms with Gasteiger partial charge in [-0.15, -0.1) is 4.72 Å². The average molecular weight is 430 g/mol. The predicted octanol–water partition coefficient (Wildman–Crippen LogP) is 4.50. The number of nitrogens with zero attached hydrogens (tertiary/aromatic N) is 2. The van der Waals surface area contributed by atoms with Crippen molar-refractivity contribution in [2.45, 2.75) is 52.0 Å². The normalized spacial score (nSPS) is 15.3. The maximum atomic E-state index is 13.3. The summed E-state index contributed by atoms with van der Waals surface area (Å²) in [6.07, 6.45) is 0. The molecule has 0 spiro atoms. The van der Waals surface area contributed by atoms with Gasteiger partial charge in [-0.3, -0.25) is 9.36 Å². The van der Waals surface area contributed by atoms with Crippen molar-refractivity contribution >= 4 is 33.9 Å². The van der Waals surface area contributed by atoms with E-state index in [0.717, 1.165) is 22.3 Å². The lowest BCUT2D eigenvalue weighted by Gasteiger charge is -2.27. The van der Waals surface area contributed by atoms with Gasteiger partial charge in [-0.2, -0.15) is 0 Å². The highest BCUT2D eigenvalue weighted by molar-refractivity contribution is 7.90. The molecular weight excluding hydrogens is 406 g/mol. The van der Waals surface area contributed by atoms with Crippen LogP contribution in [0.5, 0.6) is 0 Å². The van der Waals surface area contributed by atoms with Crippen LogP contribution in [0.25, 0.3) is 22.3 Å². The molecule has 2 aromatic carbocycles. The molecule has 2 atom stereocenters. The van der Waals surface area contributed by atoms with E-state index in [-0.39, 0.29) is 16.3 Å². The monoisotopic (exact) mass is 429 g/mol. The molecule has 1 aliphatic rings. The van der Waals surface area contributed by atoms with E-state index in [0.29, 0.717) is 28.3 Å². The molecule has 0 saturated carbocycles. The summed E-state index contributed by atoms with van der Waals surface area (Å²) in [7, 11) is 0. The van der Waals surface area contributed by atoms with Crippen LogP contribution in [0.3, 0.4) is 0 Å². The summed E-state index contributed by atoms with van der Waals surface area (Å²) >= 11 is 4.90. The van der Waals surface area contributed by atoms with Crippen molar-refractivity contribution in [1.29, 1.82) is 0 Å². The molecule has 152 valence electrons. The minimum Gasteiger partial charge on any atom is -0.598 e. The molecule has 1 aromatic heterocycles. The third-order valence-electron chi connectivity index (χ3n) is 5.18. The van der Waals surface area contributed by atoms with Crippen LogP contribution < -0.4 is 10.3 Å². The van der Waals surface area contributed by atoms with Crippen LogP contribution >= 0.6 is 11.6 Å². The van der Waals surface area contributed by atoms with Crippen LogP contribution in [-0.4, -0.2) is 18.9 Å². The highest BCUT2D eigenvalue weighted by Gasteiger charge is 2.30. The van der Waals surface area contributed by atoms with Gasteiger partial charge in [-0.25, -0.2) is 4.98 Å². The molecule has 0 unspecified atom stereocenters. The lowest BCUT2D eigenvalue weighted by atomic mass is 10.0. The molecule has 4 rings (SSSR count). The van der Waals surface area contributed by atoms with Crippen LogP contribution in [0.1, 0.15) is 50.4 Å². The Morgan fingerprint density at radius 1 is 1.28 bits per heavy atom. The maximum absolute atomic E-state index is 13.3. The van der Waals surface area contributed by atoms with Gasteiger partial charge in [0.15, 0.2) is 0 Å². The number of halogens is 1. The first-order valence-electron chi connectivity index (χ1n) is 9.58. The zero-order valence-electron chi connectivity index (χ0n) is 17.2. The molecule has 1 aliphatic heterocycles. The number of aryl methyl sites for hydroxylation is 1. The van der Waals surface area contributed by atoms with Crippen LogP contribution in [0.4, 0.5) is 0 Å². The van der Waals surface area contributed by atoms with Crippen molar-refractivity contribution in [3.8, 4) is 11.4 Å². The molecule has 3 aromatic rings. The third-order valence-corrected chi connectivity index (χ3v) is 7.09. The predicted molar refractivity (Wildman–Crippen MR) is 120 cm³/mol. The Balaban J connectivity index is 1.89. The second kappa shape index (κ2) is 7.13. The van der Waals surface area contributed by atoms with Gasteiger partial charge in [-0.1, -0.05) is 17.7 Å². The van der Waals surface area contributed by atoms with Crippen molar-refractivity contribution in [3.63, 3.8) is 0 Å². The molecule has 7 heteroatoms. The smallest absolute Gasteiger partial charge is 0.261 e. The number of fused-ring (bicyclic) bond motifs is 4. The van der Waals surface area contributed by atoms with E-state index in [1.54, 1.807) is 4.57 Å². The lowest BCUT2D eigenvalue weighted by Crippen LogP contribution is -2.40. The van der Waals surface area contributed by atoms with Gasteiger partial charge >= 0.3 is 0 Å². The Morgan fingerprint density at radius 3 is 2.69 bits per heavy atom. The molecular formula is C22H24ClN3O2S. The van der Waals surface area contributed by atoms with Crippen molar-refractivity contribution in [3.05, 3.63) is 62.4 Å². The van der Waals surface area contributed by atoms with Gasteiger partial charge in [0, 0.05) is 27.5 Å². The quantitative estimate of drug-likeness (QED) is 0.487. The summed E-state index contributed by atoms with van der Waals surface area (Å²) in [4.78, 5) is 18.2. The minimum atomic E-state index is -1.24. The number of hydrogen-bond donors (Lipinski definition) is 1. The molecule has 0 bridgehead atoms. The van der Waals surface area contributed by atoms with Crippen molar-refractivity contribution in [2.24, 2.45) is 0 Å². The van der Waals surface area contributed by atoms with Gasteiger partial charge in [-0.05, 0) is 70.0 Å². The maximum Gasteiger partial charge on any atom is 0.261 e. The number of nitrogens with one attached hydrogen (secondary N) is 1. The van der Waals surface area contributed by atoms with Gasteiger partial charge in [0.2, 0.25) is 0 Å². The Hall–Kier alpha value is -1.86. The molecule has 0 saturated heterocycles. The van der Waals surface area contributed by atoms with E-state index in [1.807, 2.05) is 65.0 Å². The first-order valence-corrected chi connectivity index (χ1v) is 11.1. The van der Waals surface area contributed by atoms with Gasteiger partial charge in [0.1, 0.15) is 10.6 Å². The Morgan fingerprint density at radius 2 is 2.00 bits per heavy atom. The number of hydrogen-bond acceptors (Lipinski definition) is 4. The molecule has 5 nitrogen and oxygen atoms in total. The van der Waals surface area contributed by atoms with Crippen LogP contribution in [0.15, 0.2) is 35.1 Å². The summed E-state index contributed by atoms with van der Waals surface area (Å²) in [5, 5.41) is 1.23.